The van der Waals surface area contributed by atoms with Gasteiger partial charge in [-0.1, -0.05) is 6.08 Å². The molecule has 0 spiro atoms. The number of rotatable bonds is 2. The number of nitrogens with two attached hydrogens (primary N) is 1. The minimum atomic E-state index is -0.342. The van der Waals surface area contributed by atoms with E-state index in [-0.39, 0.29) is 11.5 Å². The molecule has 1 aliphatic carbocycles. The maximum Gasteiger partial charge on any atom is 0.337 e. The number of ether oxygens (including phenoxy) is 1. The maximum atomic E-state index is 11.2. The van der Waals surface area contributed by atoms with Gasteiger partial charge >= 0.3 is 5.97 Å². The Kier molecular flexibility index (Phi) is 2.96. The van der Waals surface area contributed by atoms with Crippen LogP contribution in [0, 0.1) is 0 Å². The summed E-state index contributed by atoms with van der Waals surface area (Å²) in [7, 11) is 3.21. The lowest BCUT2D eigenvalue weighted by Crippen LogP contribution is -2.45. The van der Waals surface area contributed by atoms with E-state index in [1.54, 1.807) is 6.08 Å². The molecule has 0 aromatic rings. The molecular formula is C10H16N2O2. The summed E-state index contributed by atoms with van der Waals surface area (Å²) in [6.07, 6.45) is 4.18. The van der Waals surface area contributed by atoms with Crippen LogP contribution in [-0.2, 0) is 9.53 Å². The lowest BCUT2D eigenvalue weighted by atomic mass is 9.87. The van der Waals surface area contributed by atoms with Crippen molar-refractivity contribution in [2.45, 2.75) is 18.9 Å². The summed E-state index contributed by atoms with van der Waals surface area (Å²) in [4.78, 5) is 11.2. The topological polar surface area (TPSA) is 64.3 Å². The van der Waals surface area contributed by atoms with Crippen LogP contribution in [0.3, 0.4) is 0 Å². The predicted octanol–water partition coefficient (Wildman–Crippen LogP) is 0.310. The zero-order chi connectivity index (χ0) is 10.8. The molecule has 1 unspecified atom stereocenters. The molecule has 78 valence electrons. The molecule has 0 saturated heterocycles. The molecule has 1 aliphatic rings. The molecule has 14 heavy (non-hydrogen) atoms. The number of esters is 1. The minimum absolute atomic E-state index is 0.252. The van der Waals surface area contributed by atoms with E-state index >= 15 is 0 Å². The highest BCUT2D eigenvalue weighted by atomic mass is 16.5. The van der Waals surface area contributed by atoms with Crippen LogP contribution >= 0.6 is 0 Å². The normalized spacial score (nSPS) is 26.5. The van der Waals surface area contributed by atoms with Gasteiger partial charge in [0.25, 0.3) is 0 Å². The lowest BCUT2D eigenvalue weighted by molar-refractivity contribution is -0.135. The fourth-order valence-electron chi connectivity index (χ4n) is 1.32. The molecule has 0 aromatic carbocycles. The summed E-state index contributed by atoms with van der Waals surface area (Å²) >= 11 is 0. The summed E-state index contributed by atoms with van der Waals surface area (Å²) in [5.41, 5.74) is 6.79. The molecule has 1 rings (SSSR count). The Morgan fingerprint density at radius 1 is 1.71 bits per heavy atom. The van der Waals surface area contributed by atoms with Crippen molar-refractivity contribution in [3.8, 4) is 0 Å². The molecule has 0 bridgehead atoms. The predicted molar refractivity (Wildman–Crippen MR) is 54.5 cm³/mol. The highest BCUT2D eigenvalue weighted by molar-refractivity contribution is 5.92. The van der Waals surface area contributed by atoms with E-state index in [0.29, 0.717) is 17.7 Å². The third-order valence-electron chi connectivity index (χ3n) is 2.65. The van der Waals surface area contributed by atoms with Crippen LogP contribution in [0.15, 0.2) is 23.4 Å². The fourth-order valence-corrected chi connectivity index (χ4v) is 1.32. The lowest BCUT2D eigenvalue weighted by Gasteiger charge is -2.31. The van der Waals surface area contributed by atoms with Crippen LogP contribution in [0.5, 0.6) is 0 Å². The van der Waals surface area contributed by atoms with Gasteiger partial charge in [0, 0.05) is 5.70 Å². The van der Waals surface area contributed by atoms with E-state index in [1.165, 1.54) is 7.11 Å². The number of hydrogen-bond donors (Lipinski definition) is 2. The zero-order valence-electron chi connectivity index (χ0n) is 8.76. The van der Waals surface area contributed by atoms with Crippen molar-refractivity contribution >= 4 is 5.97 Å². The second-order valence-corrected chi connectivity index (χ2v) is 3.54. The van der Waals surface area contributed by atoms with Crippen LogP contribution in [-0.4, -0.2) is 25.7 Å². The Hall–Kier alpha value is -1.29. The molecule has 0 heterocycles. The third-order valence-corrected chi connectivity index (χ3v) is 2.65. The van der Waals surface area contributed by atoms with Gasteiger partial charge in [-0.05, 0) is 26.5 Å². The largest absolute Gasteiger partial charge is 0.465 e. The van der Waals surface area contributed by atoms with Crippen LogP contribution in [0.25, 0.3) is 0 Å². The molecule has 4 nitrogen and oxygen atoms in total. The molecular weight excluding hydrogens is 180 g/mol. The molecule has 0 amide bonds. The average molecular weight is 196 g/mol. The van der Waals surface area contributed by atoms with Gasteiger partial charge in [-0.15, -0.1) is 0 Å². The number of methoxy groups -OCH3 is 1. The van der Waals surface area contributed by atoms with Gasteiger partial charge in [0.1, 0.15) is 0 Å². The van der Waals surface area contributed by atoms with Crippen molar-refractivity contribution in [2.75, 3.05) is 14.2 Å². The third kappa shape index (κ3) is 1.80. The molecule has 4 heteroatoms. The molecule has 0 fully saturated rings. The number of carbonyl (C=O) groups excluding carboxylic acids is 1. The average Bonchev–Trinajstić information content (AvgIpc) is 2.21. The van der Waals surface area contributed by atoms with Gasteiger partial charge in [-0.3, -0.25) is 0 Å². The van der Waals surface area contributed by atoms with E-state index in [2.05, 4.69) is 10.1 Å². The molecule has 3 N–H and O–H groups in total. The first kappa shape index (κ1) is 10.8. The first-order valence-corrected chi connectivity index (χ1v) is 4.48. The smallest absolute Gasteiger partial charge is 0.337 e. The Morgan fingerprint density at radius 2 is 2.36 bits per heavy atom. The van der Waals surface area contributed by atoms with Crippen LogP contribution in [0.1, 0.15) is 13.3 Å². The van der Waals surface area contributed by atoms with E-state index < -0.39 is 0 Å². The summed E-state index contributed by atoms with van der Waals surface area (Å²) < 4.78 is 4.61. The van der Waals surface area contributed by atoms with Crippen molar-refractivity contribution in [3.63, 3.8) is 0 Å². The van der Waals surface area contributed by atoms with Crippen molar-refractivity contribution in [1.29, 1.82) is 0 Å². The highest BCUT2D eigenvalue weighted by Crippen LogP contribution is 2.24. The molecule has 1 atom stereocenters. The Bertz CT molecular complexity index is 307. The Morgan fingerprint density at radius 3 is 2.79 bits per heavy atom. The zero-order valence-corrected chi connectivity index (χ0v) is 8.76. The minimum Gasteiger partial charge on any atom is -0.465 e. The second-order valence-electron chi connectivity index (χ2n) is 3.54. The highest BCUT2D eigenvalue weighted by Gasteiger charge is 2.28. The number of carbonyl (C=O) groups is 1. The van der Waals surface area contributed by atoms with Crippen LogP contribution in [0.2, 0.25) is 0 Å². The van der Waals surface area contributed by atoms with Crippen molar-refractivity contribution in [2.24, 2.45) is 5.73 Å². The Balaban J connectivity index is 2.88. The number of hydrogen-bond acceptors (Lipinski definition) is 4. The number of likely N-dealkylation sites (N-methyl/N-ethyl adjacent to an activating group) is 1. The summed E-state index contributed by atoms with van der Waals surface area (Å²) in [6, 6.07) is 0. The van der Waals surface area contributed by atoms with Crippen molar-refractivity contribution in [3.05, 3.63) is 23.4 Å². The first-order valence-electron chi connectivity index (χ1n) is 4.48. The second kappa shape index (κ2) is 3.84. The molecule has 0 saturated carbocycles. The Labute approximate surface area is 83.8 Å². The SMILES string of the molecule is CNC1(C)CC=C(C(=O)OC)C=C1N. The monoisotopic (exact) mass is 196 g/mol. The van der Waals surface area contributed by atoms with Crippen LogP contribution < -0.4 is 11.1 Å². The first-order chi connectivity index (χ1) is 6.53. The molecule has 0 radical (unpaired) electrons. The van der Waals surface area contributed by atoms with Gasteiger partial charge in [0.2, 0.25) is 0 Å². The molecule has 0 aromatic heterocycles. The summed E-state index contributed by atoms with van der Waals surface area (Å²) in [5, 5.41) is 3.12. The van der Waals surface area contributed by atoms with Crippen molar-refractivity contribution < 1.29 is 9.53 Å². The van der Waals surface area contributed by atoms with Gasteiger partial charge in [0.15, 0.2) is 0 Å². The van der Waals surface area contributed by atoms with Crippen molar-refractivity contribution in [1.82, 2.24) is 5.32 Å². The summed E-state index contributed by atoms with van der Waals surface area (Å²) in [5.74, 6) is -0.342. The van der Waals surface area contributed by atoms with E-state index in [0.717, 1.165) is 0 Å². The maximum absolute atomic E-state index is 11.2. The quantitative estimate of drug-likeness (QED) is 0.624. The standard InChI is InChI=1S/C10H16N2O2/c1-10(12-2)5-4-7(6-8(10)11)9(13)14-3/h4,6,12H,5,11H2,1-3H3. The van der Waals surface area contributed by atoms with E-state index in [1.807, 2.05) is 20.0 Å². The van der Waals surface area contributed by atoms with E-state index in [9.17, 15) is 4.79 Å². The van der Waals surface area contributed by atoms with Crippen LogP contribution in [0.4, 0.5) is 0 Å². The van der Waals surface area contributed by atoms with E-state index in [4.69, 9.17) is 5.73 Å². The number of nitrogens with one attached hydrogen (secondary N) is 1. The summed E-state index contributed by atoms with van der Waals surface area (Å²) in [6.45, 7) is 1.99. The van der Waals surface area contributed by atoms with Gasteiger partial charge in [-0.25, -0.2) is 4.79 Å². The fraction of sp³-hybridized carbons (Fsp3) is 0.500. The van der Waals surface area contributed by atoms with Gasteiger partial charge < -0.3 is 15.8 Å². The van der Waals surface area contributed by atoms with Gasteiger partial charge in [0.05, 0.1) is 18.2 Å². The molecule has 0 aliphatic heterocycles. The van der Waals surface area contributed by atoms with Gasteiger partial charge in [-0.2, -0.15) is 0 Å².